The molecule has 0 spiro atoms. The van der Waals surface area contributed by atoms with Crippen LogP contribution in [0.15, 0.2) is 16.8 Å². The van der Waals surface area contributed by atoms with Crippen LogP contribution in [-0.4, -0.2) is 21.9 Å². The Bertz CT molecular complexity index is 703. The molecule has 1 amide bonds. The Morgan fingerprint density at radius 1 is 1.35 bits per heavy atom. The maximum atomic E-state index is 12.0. The average Bonchev–Trinajstić information content (AvgIpc) is 2.97. The molecule has 0 saturated carbocycles. The van der Waals surface area contributed by atoms with E-state index in [0.29, 0.717) is 5.56 Å². The molecule has 0 radical (unpaired) electrons. The van der Waals surface area contributed by atoms with E-state index in [2.05, 4.69) is 5.32 Å². The molecule has 2 aromatic rings. The molecule has 0 aliphatic heterocycles. The molecule has 104 valence electrons. The Kier molecular flexibility index (Phi) is 3.81. The van der Waals surface area contributed by atoms with Gasteiger partial charge in [0.25, 0.3) is 5.91 Å². The number of carbonyl (C=O) groups is 2. The fourth-order valence-corrected chi connectivity index (χ4v) is 3.03. The maximum absolute atomic E-state index is 12.0. The van der Waals surface area contributed by atoms with Crippen molar-refractivity contribution in [3.05, 3.63) is 42.9 Å². The third kappa shape index (κ3) is 2.68. The second kappa shape index (κ2) is 5.39. The number of hydrogen-bond donors (Lipinski definition) is 2. The van der Waals surface area contributed by atoms with Crippen LogP contribution in [-0.2, 0) is 0 Å². The van der Waals surface area contributed by atoms with Crippen LogP contribution in [0.4, 0.5) is 10.7 Å². The zero-order valence-corrected chi connectivity index (χ0v) is 11.7. The monoisotopic (exact) mass is 312 g/mol. The van der Waals surface area contributed by atoms with Gasteiger partial charge in [0, 0.05) is 11.4 Å². The number of nitrogens with zero attached hydrogens (tertiary/aromatic N) is 1. The average molecular weight is 312 g/mol. The van der Waals surface area contributed by atoms with Gasteiger partial charge < -0.3 is 10.4 Å². The molecule has 0 aliphatic carbocycles. The lowest BCUT2D eigenvalue weighted by Gasteiger charge is -2.04. The van der Waals surface area contributed by atoms with Crippen molar-refractivity contribution in [3.8, 4) is 0 Å². The highest BCUT2D eigenvalue weighted by Crippen LogP contribution is 2.29. The first-order chi connectivity index (χ1) is 9.40. The van der Waals surface area contributed by atoms with Crippen LogP contribution in [0.1, 0.15) is 25.6 Å². The van der Waals surface area contributed by atoms with Gasteiger partial charge in [-0.05, 0) is 17.9 Å². The number of amides is 1. The van der Waals surface area contributed by atoms with Gasteiger partial charge in [0.15, 0.2) is 0 Å². The number of aryl methyl sites for hydroxylation is 1. The quantitative estimate of drug-likeness (QED) is 0.666. The lowest BCUT2D eigenvalue weighted by Crippen LogP contribution is -2.13. The largest absolute Gasteiger partial charge is 0.477 e. The minimum atomic E-state index is -1.13. The molecule has 2 N–H and O–H groups in total. The number of carboxylic acid groups (broad SMARTS) is 1. The Hall–Kier alpha value is -2.26. The Labute approximate surface area is 120 Å². The first-order valence-electron chi connectivity index (χ1n) is 5.25. The highest BCUT2D eigenvalue weighted by atomic mass is 32.1. The third-order valence-electron chi connectivity index (χ3n) is 2.44. The van der Waals surface area contributed by atoms with Crippen molar-refractivity contribution in [2.75, 3.05) is 5.32 Å². The molecule has 9 heteroatoms. The number of anilines is 1. The number of nitrogens with one attached hydrogen (secondary N) is 1. The minimum Gasteiger partial charge on any atom is -0.477 e. The first kappa shape index (κ1) is 14.2. The van der Waals surface area contributed by atoms with Gasteiger partial charge in [-0.3, -0.25) is 14.9 Å². The molecule has 0 unspecified atom stereocenters. The van der Waals surface area contributed by atoms with Crippen molar-refractivity contribution >= 4 is 45.2 Å². The second-order valence-corrected chi connectivity index (χ2v) is 5.58. The second-order valence-electron chi connectivity index (χ2n) is 3.81. The molecule has 0 fully saturated rings. The van der Waals surface area contributed by atoms with Crippen molar-refractivity contribution in [3.63, 3.8) is 0 Å². The van der Waals surface area contributed by atoms with Crippen molar-refractivity contribution < 1.29 is 19.6 Å². The molecule has 2 heterocycles. The van der Waals surface area contributed by atoms with Crippen LogP contribution < -0.4 is 5.32 Å². The van der Waals surface area contributed by atoms with E-state index in [-0.39, 0.29) is 21.1 Å². The number of aromatic carboxylic acids is 1. The van der Waals surface area contributed by atoms with Crippen LogP contribution in [0.5, 0.6) is 0 Å². The molecule has 0 bridgehead atoms. The number of carbonyl (C=O) groups excluding carboxylic acids is 1. The number of rotatable bonds is 4. The topological polar surface area (TPSA) is 110 Å². The zero-order chi connectivity index (χ0) is 14.9. The summed E-state index contributed by atoms with van der Waals surface area (Å²) in [6, 6.07) is 1.15. The summed E-state index contributed by atoms with van der Waals surface area (Å²) in [6.45, 7) is 1.68. The molecule has 0 atom stereocenters. The van der Waals surface area contributed by atoms with Crippen LogP contribution >= 0.6 is 22.7 Å². The van der Waals surface area contributed by atoms with E-state index in [1.165, 1.54) is 5.38 Å². The lowest BCUT2D eigenvalue weighted by molar-refractivity contribution is -0.380. The van der Waals surface area contributed by atoms with Gasteiger partial charge >= 0.3 is 11.0 Å². The van der Waals surface area contributed by atoms with E-state index in [1.54, 1.807) is 12.3 Å². The third-order valence-corrected chi connectivity index (χ3v) is 4.40. The predicted molar refractivity (Wildman–Crippen MR) is 74.9 cm³/mol. The maximum Gasteiger partial charge on any atom is 0.348 e. The molecule has 0 saturated heterocycles. The number of thiophene rings is 2. The molecule has 7 nitrogen and oxygen atoms in total. The van der Waals surface area contributed by atoms with E-state index >= 15 is 0 Å². The van der Waals surface area contributed by atoms with E-state index in [1.807, 2.05) is 0 Å². The summed E-state index contributed by atoms with van der Waals surface area (Å²) in [5, 5.41) is 24.9. The number of nitro groups is 1. The Morgan fingerprint density at radius 2 is 2.05 bits per heavy atom. The predicted octanol–water partition coefficient (Wildman–Crippen LogP) is 2.98. The number of carboxylic acids is 1. The molecule has 2 aromatic heterocycles. The van der Waals surface area contributed by atoms with Crippen molar-refractivity contribution in [1.29, 1.82) is 0 Å². The fraction of sp³-hybridized carbons (Fsp3) is 0.0909. The molecular weight excluding hydrogens is 304 g/mol. The van der Waals surface area contributed by atoms with E-state index < -0.39 is 16.8 Å². The van der Waals surface area contributed by atoms with Crippen LogP contribution in [0.25, 0.3) is 0 Å². The van der Waals surface area contributed by atoms with Gasteiger partial charge in [-0.15, -0.1) is 11.3 Å². The van der Waals surface area contributed by atoms with Crippen LogP contribution in [0, 0.1) is 17.0 Å². The highest BCUT2D eigenvalue weighted by Gasteiger charge is 2.20. The summed E-state index contributed by atoms with van der Waals surface area (Å²) < 4.78 is 0. The molecule has 0 aliphatic rings. The van der Waals surface area contributed by atoms with Crippen LogP contribution in [0.3, 0.4) is 0 Å². The summed E-state index contributed by atoms with van der Waals surface area (Å²) in [5.41, 5.74) is 0.982. The lowest BCUT2D eigenvalue weighted by atomic mass is 10.2. The Balaban J connectivity index is 2.25. The summed E-state index contributed by atoms with van der Waals surface area (Å²) >= 11 is 1.85. The van der Waals surface area contributed by atoms with Gasteiger partial charge in [-0.25, -0.2) is 4.79 Å². The molecule has 2 rings (SSSR count). The van der Waals surface area contributed by atoms with Gasteiger partial charge in [0.05, 0.1) is 16.2 Å². The number of hydrogen-bond acceptors (Lipinski definition) is 6. The molecule has 20 heavy (non-hydrogen) atoms. The van der Waals surface area contributed by atoms with E-state index in [0.717, 1.165) is 28.7 Å². The van der Waals surface area contributed by atoms with Gasteiger partial charge in [-0.2, -0.15) is 0 Å². The first-order valence-corrected chi connectivity index (χ1v) is 7.01. The normalized spacial score (nSPS) is 10.2. The van der Waals surface area contributed by atoms with E-state index in [4.69, 9.17) is 5.11 Å². The SMILES string of the molecule is Cc1csc(C(=O)O)c1NC(=O)c1csc([N+](=O)[O-])c1. The van der Waals surface area contributed by atoms with E-state index in [9.17, 15) is 19.7 Å². The fourth-order valence-electron chi connectivity index (χ4n) is 1.48. The summed E-state index contributed by atoms with van der Waals surface area (Å²) in [5.74, 6) is -1.70. The summed E-state index contributed by atoms with van der Waals surface area (Å²) in [7, 11) is 0. The highest BCUT2D eigenvalue weighted by molar-refractivity contribution is 7.13. The van der Waals surface area contributed by atoms with Crippen molar-refractivity contribution in [2.45, 2.75) is 6.92 Å². The smallest absolute Gasteiger partial charge is 0.348 e. The summed E-state index contributed by atoms with van der Waals surface area (Å²) in [6.07, 6.45) is 0. The molecular formula is C11H8N2O5S2. The standard InChI is InChI=1S/C11H8N2O5S2/c1-5-3-20-9(11(15)16)8(5)12-10(14)6-2-7(13(17)18)19-4-6/h2-4H,1H3,(H,12,14)(H,15,16). The molecule has 0 aromatic carbocycles. The Morgan fingerprint density at radius 3 is 2.60 bits per heavy atom. The van der Waals surface area contributed by atoms with Crippen LogP contribution in [0.2, 0.25) is 0 Å². The zero-order valence-electron chi connectivity index (χ0n) is 10.1. The minimum absolute atomic E-state index is 0.0283. The van der Waals surface area contributed by atoms with Gasteiger partial charge in [-0.1, -0.05) is 11.3 Å². The van der Waals surface area contributed by atoms with Gasteiger partial charge in [0.2, 0.25) is 0 Å². The van der Waals surface area contributed by atoms with Gasteiger partial charge in [0.1, 0.15) is 4.88 Å². The summed E-state index contributed by atoms with van der Waals surface area (Å²) in [4.78, 5) is 33.0. The van der Waals surface area contributed by atoms with Crippen molar-refractivity contribution in [1.82, 2.24) is 0 Å². The van der Waals surface area contributed by atoms with Crippen molar-refractivity contribution in [2.24, 2.45) is 0 Å².